The monoisotopic (exact) mass is 468 g/mol. The summed E-state index contributed by atoms with van der Waals surface area (Å²) in [6.45, 7) is -1.18. The number of aromatic amines is 2. The Morgan fingerprint density at radius 1 is 1.12 bits per heavy atom. The summed E-state index contributed by atoms with van der Waals surface area (Å²) < 4.78 is 41.2. The van der Waals surface area contributed by atoms with Gasteiger partial charge in [0.05, 0.1) is 23.0 Å². The predicted molar refractivity (Wildman–Crippen MR) is 113 cm³/mol. The smallest absolute Gasteiger partial charge is 0.313 e. The van der Waals surface area contributed by atoms with Crippen molar-refractivity contribution in [1.82, 2.24) is 39.3 Å². The predicted octanol–water partition coefficient (Wildman–Crippen LogP) is 2.35. The number of pyridine rings is 1. The lowest BCUT2D eigenvalue weighted by Crippen LogP contribution is -2.23. The zero-order valence-electron chi connectivity index (χ0n) is 17.2. The highest BCUT2D eigenvalue weighted by Gasteiger charge is 2.43. The Labute approximate surface area is 187 Å². The molecule has 2 atom stereocenters. The summed E-state index contributed by atoms with van der Waals surface area (Å²) in [7, 11) is 0. The first kappa shape index (κ1) is 20.3. The first-order chi connectivity index (χ1) is 16.3. The number of nitrogens with one attached hydrogen (secondary N) is 2. The van der Waals surface area contributed by atoms with Gasteiger partial charge in [0.2, 0.25) is 0 Å². The highest BCUT2D eigenvalue weighted by molar-refractivity contribution is 5.78. The van der Waals surface area contributed by atoms with E-state index in [4.69, 9.17) is 0 Å². The number of H-pyrrole nitrogens is 2. The van der Waals surface area contributed by atoms with E-state index in [-0.39, 0.29) is 17.4 Å². The topological polar surface area (TPSA) is 127 Å². The van der Waals surface area contributed by atoms with Crippen LogP contribution in [0.3, 0.4) is 0 Å². The van der Waals surface area contributed by atoms with E-state index >= 15 is 0 Å². The summed E-state index contributed by atoms with van der Waals surface area (Å²) in [6, 6.07) is 3.40. The summed E-state index contributed by atoms with van der Waals surface area (Å²) in [5.41, 5.74) is 1.84. The highest BCUT2D eigenvalue weighted by Crippen LogP contribution is 2.55. The highest BCUT2D eigenvalue weighted by atomic mass is 19.4. The number of fused-ring (bicyclic) bond motifs is 2. The Morgan fingerprint density at radius 2 is 1.97 bits per heavy atom. The average molecular weight is 468 g/mol. The molecule has 5 heterocycles. The Balaban J connectivity index is 1.39. The van der Waals surface area contributed by atoms with Gasteiger partial charge < -0.3 is 4.98 Å². The van der Waals surface area contributed by atoms with Crippen LogP contribution in [-0.2, 0) is 6.54 Å². The number of alkyl halides is 3. The number of aromatic nitrogens is 8. The Bertz CT molecular complexity index is 1680. The van der Waals surface area contributed by atoms with Gasteiger partial charge in [0.25, 0.3) is 5.56 Å². The minimum Gasteiger partial charge on any atom is -0.313 e. The molecule has 1 aliphatic carbocycles. The maximum Gasteiger partial charge on any atom is 0.408 e. The van der Waals surface area contributed by atoms with Crippen molar-refractivity contribution in [2.75, 3.05) is 0 Å². The van der Waals surface area contributed by atoms with Crippen molar-refractivity contribution in [2.45, 2.75) is 31.0 Å². The van der Waals surface area contributed by atoms with E-state index < -0.39 is 24.0 Å². The summed E-state index contributed by atoms with van der Waals surface area (Å²) in [5.74, 6) is -0.0549. The lowest BCUT2D eigenvalue weighted by atomic mass is 10.1. The zero-order valence-corrected chi connectivity index (χ0v) is 17.2. The van der Waals surface area contributed by atoms with E-state index in [9.17, 15) is 22.8 Å². The molecule has 10 nitrogen and oxygen atoms in total. The normalized spacial score (nSPS) is 18.1. The van der Waals surface area contributed by atoms with Gasteiger partial charge in [0, 0.05) is 47.3 Å². The van der Waals surface area contributed by atoms with Crippen LogP contribution in [0.15, 0.2) is 52.7 Å². The van der Waals surface area contributed by atoms with Gasteiger partial charge in [-0.1, -0.05) is 0 Å². The second-order valence-electron chi connectivity index (χ2n) is 8.20. The molecule has 1 fully saturated rings. The van der Waals surface area contributed by atoms with Crippen LogP contribution in [0.1, 0.15) is 29.5 Å². The number of hydrogen-bond acceptors (Lipinski definition) is 6. The molecule has 1 saturated carbocycles. The molecule has 0 aromatic carbocycles. The molecule has 5 aromatic heterocycles. The third kappa shape index (κ3) is 3.45. The standard InChI is InChI=1S/C21H15F3N8O2/c22-21(23,24)9-32-17-5-15(26-6-10(17)7-28-32)12-3-11(12)13-4-16(30-31-2-1-25-18(13)31)14-8-27-20(34)29-19(14)33/h1-2,4-8,11-12H,3,9H2,(H2,27,29,33,34)/t11-,12-/m0/s1. The minimum absolute atomic E-state index is 0.0163. The Hall–Kier alpha value is -4.29. The van der Waals surface area contributed by atoms with Crippen molar-refractivity contribution < 1.29 is 13.2 Å². The number of halogens is 3. The van der Waals surface area contributed by atoms with Gasteiger partial charge in [0.15, 0.2) is 5.65 Å². The second-order valence-corrected chi connectivity index (χ2v) is 8.20. The molecule has 2 N–H and O–H groups in total. The first-order valence-corrected chi connectivity index (χ1v) is 10.3. The Morgan fingerprint density at radius 3 is 2.76 bits per heavy atom. The van der Waals surface area contributed by atoms with E-state index in [2.05, 4.69) is 30.1 Å². The Kier molecular flexibility index (Phi) is 4.25. The van der Waals surface area contributed by atoms with Crippen LogP contribution < -0.4 is 11.2 Å². The second kappa shape index (κ2) is 7.10. The van der Waals surface area contributed by atoms with Gasteiger partial charge in [-0.15, -0.1) is 0 Å². The molecule has 0 saturated heterocycles. The molecule has 5 aromatic rings. The van der Waals surface area contributed by atoms with Crippen LogP contribution in [0.5, 0.6) is 0 Å². The molecule has 0 bridgehead atoms. The molecule has 0 amide bonds. The fourth-order valence-corrected chi connectivity index (χ4v) is 4.30. The van der Waals surface area contributed by atoms with Gasteiger partial charge in [-0.25, -0.2) is 14.3 Å². The molecule has 0 aliphatic heterocycles. The number of hydrogen-bond donors (Lipinski definition) is 2. The molecule has 0 unspecified atom stereocenters. The largest absolute Gasteiger partial charge is 0.408 e. The third-order valence-corrected chi connectivity index (χ3v) is 5.93. The van der Waals surface area contributed by atoms with Crippen LogP contribution in [0.2, 0.25) is 0 Å². The summed E-state index contributed by atoms with van der Waals surface area (Å²) in [5, 5.41) is 8.80. The van der Waals surface area contributed by atoms with Gasteiger partial charge in [-0.3, -0.25) is 19.4 Å². The van der Waals surface area contributed by atoms with E-state index in [1.165, 1.54) is 18.6 Å². The maximum absolute atomic E-state index is 12.9. The van der Waals surface area contributed by atoms with Crippen molar-refractivity contribution >= 4 is 16.6 Å². The van der Waals surface area contributed by atoms with Crippen LogP contribution in [0.4, 0.5) is 13.2 Å². The van der Waals surface area contributed by atoms with E-state index in [0.29, 0.717) is 34.4 Å². The van der Waals surface area contributed by atoms with Gasteiger partial charge in [-0.05, 0) is 24.5 Å². The van der Waals surface area contributed by atoms with E-state index in [0.717, 1.165) is 10.2 Å². The molecule has 172 valence electrons. The van der Waals surface area contributed by atoms with Crippen LogP contribution in [0, 0.1) is 0 Å². The van der Waals surface area contributed by atoms with Gasteiger partial charge in [0.1, 0.15) is 6.54 Å². The van der Waals surface area contributed by atoms with Crippen LogP contribution in [-0.4, -0.2) is 45.5 Å². The molecule has 13 heteroatoms. The zero-order chi connectivity index (χ0) is 23.6. The fourth-order valence-electron chi connectivity index (χ4n) is 4.30. The summed E-state index contributed by atoms with van der Waals surface area (Å²) >= 11 is 0. The molecule has 34 heavy (non-hydrogen) atoms. The number of nitrogens with zero attached hydrogens (tertiary/aromatic N) is 6. The van der Waals surface area contributed by atoms with Crippen molar-refractivity contribution in [3.8, 4) is 11.3 Å². The van der Waals surface area contributed by atoms with E-state index in [1.807, 2.05) is 0 Å². The molecular formula is C21H15F3N8O2. The number of rotatable bonds is 4. The van der Waals surface area contributed by atoms with Crippen molar-refractivity contribution in [1.29, 1.82) is 0 Å². The van der Waals surface area contributed by atoms with E-state index in [1.54, 1.807) is 29.0 Å². The quantitative estimate of drug-likeness (QED) is 0.417. The van der Waals surface area contributed by atoms with Gasteiger partial charge in [-0.2, -0.15) is 23.4 Å². The van der Waals surface area contributed by atoms with Crippen molar-refractivity contribution in [3.05, 3.63) is 75.2 Å². The SMILES string of the molecule is O=c1[nH]cc(-c2cc([C@H]3C[C@@H]3c3cc4c(cn3)cnn4CC(F)(F)F)c3nccn3n2)c(=O)[nH]1. The van der Waals surface area contributed by atoms with Crippen LogP contribution >= 0.6 is 0 Å². The fraction of sp³-hybridized carbons (Fsp3) is 0.238. The molecular weight excluding hydrogens is 453 g/mol. The number of imidazole rings is 1. The molecule has 0 spiro atoms. The molecule has 6 rings (SSSR count). The van der Waals surface area contributed by atoms with Crippen molar-refractivity contribution in [2.24, 2.45) is 0 Å². The molecule has 0 radical (unpaired) electrons. The average Bonchev–Trinajstić information content (AvgIpc) is 3.26. The van der Waals surface area contributed by atoms with Crippen molar-refractivity contribution in [3.63, 3.8) is 0 Å². The minimum atomic E-state index is -4.39. The molecule has 1 aliphatic rings. The third-order valence-electron chi connectivity index (χ3n) is 5.93. The summed E-state index contributed by atoms with van der Waals surface area (Å²) in [6.07, 6.45) is 3.76. The maximum atomic E-state index is 12.9. The lowest BCUT2D eigenvalue weighted by molar-refractivity contribution is -0.141. The van der Waals surface area contributed by atoms with Crippen LogP contribution in [0.25, 0.3) is 27.8 Å². The van der Waals surface area contributed by atoms with Gasteiger partial charge >= 0.3 is 11.9 Å². The first-order valence-electron chi connectivity index (χ1n) is 10.3. The summed E-state index contributed by atoms with van der Waals surface area (Å²) in [4.78, 5) is 37.1. The lowest BCUT2D eigenvalue weighted by Gasteiger charge is -2.09.